The van der Waals surface area contributed by atoms with Crippen LogP contribution in [0.1, 0.15) is 21.7 Å². The van der Waals surface area contributed by atoms with Gasteiger partial charge in [0.1, 0.15) is 11.5 Å². The maximum atomic E-state index is 11.1. The number of hydrazone groups is 1. The highest BCUT2D eigenvalue weighted by molar-refractivity contribution is 5.89. The maximum Gasteiger partial charge on any atom is 0.335 e. The van der Waals surface area contributed by atoms with Crippen LogP contribution in [0.2, 0.25) is 0 Å². The zero-order chi connectivity index (χ0) is 19.4. The molecule has 0 bridgehead atoms. The van der Waals surface area contributed by atoms with E-state index in [1.54, 1.807) is 18.2 Å². The van der Waals surface area contributed by atoms with E-state index in [0.29, 0.717) is 17.1 Å². The maximum absolute atomic E-state index is 11.1. The fourth-order valence-electron chi connectivity index (χ4n) is 2.37. The molecule has 3 rings (SSSR count). The molecule has 2 aromatic heterocycles. The molecular formula is C18H14N4O5. The van der Waals surface area contributed by atoms with E-state index in [1.807, 2.05) is 6.92 Å². The van der Waals surface area contributed by atoms with Crippen LogP contribution in [0.5, 0.6) is 0 Å². The zero-order valence-corrected chi connectivity index (χ0v) is 14.1. The summed E-state index contributed by atoms with van der Waals surface area (Å²) in [6.45, 7) is 1.85. The van der Waals surface area contributed by atoms with Gasteiger partial charge in [-0.2, -0.15) is 5.10 Å². The quantitative estimate of drug-likeness (QED) is 0.386. The van der Waals surface area contributed by atoms with Crippen LogP contribution >= 0.6 is 0 Å². The number of nitrogens with one attached hydrogen (secondary N) is 1. The zero-order valence-electron chi connectivity index (χ0n) is 14.1. The summed E-state index contributed by atoms with van der Waals surface area (Å²) in [5.74, 6) is -0.140. The molecule has 9 heteroatoms. The average Bonchev–Trinajstić information content (AvgIpc) is 3.11. The summed E-state index contributed by atoms with van der Waals surface area (Å²) in [7, 11) is 0. The number of hydrogen-bond acceptors (Lipinski definition) is 7. The number of benzene rings is 1. The van der Waals surface area contributed by atoms with Crippen LogP contribution in [0.15, 0.2) is 58.2 Å². The molecular weight excluding hydrogens is 352 g/mol. The van der Waals surface area contributed by atoms with Gasteiger partial charge >= 0.3 is 11.7 Å². The molecule has 1 aromatic carbocycles. The number of carboxylic acids is 1. The van der Waals surface area contributed by atoms with Gasteiger partial charge in [0.2, 0.25) is 5.82 Å². The van der Waals surface area contributed by atoms with Crippen molar-refractivity contribution in [1.82, 2.24) is 4.98 Å². The van der Waals surface area contributed by atoms with Crippen LogP contribution in [-0.2, 0) is 0 Å². The minimum atomic E-state index is -1.02. The van der Waals surface area contributed by atoms with Gasteiger partial charge in [0.25, 0.3) is 0 Å². The minimum absolute atomic E-state index is 0.00975. The number of hydrogen-bond donors (Lipinski definition) is 2. The molecule has 0 saturated carbocycles. The molecule has 0 fully saturated rings. The van der Waals surface area contributed by atoms with E-state index in [1.165, 1.54) is 36.7 Å². The highest BCUT2D eigenvalue weighted by atomic mass is 16.6. The van der Waals surface area contributed by atoms with Gasteiger partial charge in [-0.05, 0) is 42.8 Å². The summed E-state index contributed by atoms with van der Waals surface area (Å²) in [6, 6.07) is 10.9. The molecule has 3 aromatic rings. The monoisotopic (exact) mass is 366 g/mol. The molecule has 0 saturated heterocycles. The van der Waals surface area contributed by atoms with Crippen molar-refractivity contribution in [2.75, 3.05) is 5.43 Å². The predicted octanol–water partition coefficient (Wildman–Crippen LogP) is 3.70. The molecule has 0 aliphatic rings. The average molecular weight is 366 g/mol. The Labute approximate surface area is 153 Å². The van der Waals surface area contributed by atoms with Gasteiger partial charge < -0.3 is 9.52 Å². The normalized spacial score (nSPS) is 10.9. The lowest BCUT2D eigenvalue weighted by atomic mass is 10.0. The van der Waals surface area contributed by atoms with Crippen molar-refractivity contribution in [3.05, 3.63) is 75.7 Å². The molecule has 0 atom stereocenters. The van der Waals surface area contributed by atoms with E-state index in [2.05, 4.69) is 15.5 Å². The largest absolute Gasteiger partial charge is 0.478 e. The van der Waals surface area contributed by atoms with E-state index in [-0.39, 0.29) is 17.1 Å². The van der Waals surface area contributed by atoms with Crippen LogP contribution in [0.3, 0.4) is 0 Å². The lowest BCUT2D eigenvalue weighted by molar-refractivity contribution is -0.384. The molecule has 2 heterocycles. The van der Waals surface area contributed by atoms with E-state index in [0.717, 1.165) is 5.56 Å². The van der Waals surface area contributed by atoms with Crippen LogP contribution in [0, 0.1) is 17.0 Å². The molecule has 0 spiro atoms. The molecule has 27 heavy (non-hydrogen) atoms. The molecule has 9 nitrogen and oxygen atoms in total. The van der Waals surface area contributed by atoms with Crippen molar-refractivity contribution in [1.29, 1.82) is 0 Å². The summed E-state index contributed by atoms with van der Waals surface area (Å²) in [6.07, 6.45) is 2.76. The Morgan fingerprint density at radius 1 is 1.33 bits per heavy atom. The number of pyridine rings is 1. The Balaban J connectivity index is 1.79. The fourth-order valence-corrected chi connectivity index (χ4v) is 2.37. The molecule has 2 N–H and O–H groups in total. The second-order valence-electron chi connectivity index (χ2n) is 5.54. The van der Waals surface area contributed by atoms with Crippen molar-refractivity contribution in [3.63, 3.8) is 0 Å². The van der Waals surface area contributed by atoms with Crippen molar-refractivity contribution in [2.45, 2.75) is 6.92 Å². The third kappa shape index (κ3) is 3.98. The fraction of sp³-hybridized carbons (Fsp3) is 0.0556. The molecule has 0 aliphatic carbocycles. The van der Waals surface area contributed by atoms with Gasteiger partial charge in [-0.25, -0.2) is 9.78 Å². The smallest absolute Gasteiger partial charge is 0.335 e. The van der Waals surface area contributed by atoms with Crippen LogP contribution in [-0.4, -0.2) is 27.2 Å². The standard InChI is InChI=1S/C18H14N4O5/c1-11-4-5-12(18(23)24)9-14(11)16-7-6-13(27-16)10-20-21-17-15(22(25)26)3-2-8-19-17/h2-10H,1H3,(H,19,21)(H,23,24)/b20-10-. The van der Waals surface area contributed by atoms with Crippen LogP contribution in [0.4, 0.5) is 11.5 Å². The second kappa shape index (κ2) is 7.48. The molecule has 0 unspecified atom stereocenters. The molecule has 0 aliphatic heterocycles. The van der Waals surface area contributed by atoms with Gasteiger partial charge in [-0.15, -0.1) is 0 Å². The van der Waals surface area contributed by atoms with E-state index >= 15 is 0 Å². The molecule has 0 radical (unpaired) electrons. The number of aromatic carboxylic acids is 1. The highest BCUT2D eigenvalue weighted by Crippen LogP contribution is 2.26. The first-order valence-electron chi connectivity index (χ1n) is 7.78. The highest BCUT2D eigenvalue weighted by Gasteiger charge is 2.13. The van der Waals surface area contributed by atoms with E-state index in [4.69, 9.17) is 9.52 Å². The topological polar surface area (TPSA) is 131 Å². The van der Waals surface area contributed by atoms with Crippen molar-refractivity contribution in [2.24, 2.45) is 5.10 Å². The predicted molar refractivity (Wildman–Crippen MR) is 97.9 cm³/mol. The van der Waals surface area contributed by atoms with Gasteiger partial charge in [0.15, 0.2) is 0 Å². The summed E-state index contributed by atoms with van der Waals surface area (Å²) in [5.41, 5.74) is 3.98. The number of aromatic nitrogens is 1. The first kappa shape index (κ1) is 17.8. The number of carboxylic acid groups (broad SMARTS) is 1. The molecule has 0 amide bonds. The number of rotatable bonds is 6. The Morgan fingerprint density at radius 3 is 2.89 bits per heavy atom. The SMILES string of the molecule is Cc1ccc(C(=O)O)cc1-c1ccc(/C=N\Nc2ncccc2[N+](=O)[O-])o1. The minimum Gasteiger partial charge on any atom is -0.478 e. The number of furan rings is 1. The van der Waals surface area contributed by atoms with Gasteiger partial charge in [0.05, 0.1) is 16.7 Å². The number of anilines is 1. The Morgan fingerprint density at radius 2 is 2.15 bits per heavy atom. The van der Waals surface area contributed by atoms with Crippen molar-refractivity contribution in [3.8, 4) is 11.3 Å². The third-order valence-corrected chi connectivity index (χ3v) is 3.72. The number of nitrogens with zero attached hydrogens (tertiary/aromatic N) is 3. The number of aryl methyl sites for hydroxylation is 1. The number of carbonyl (C=O) groups is 1. The Hall–Kier alpha value is -4.01. The Bertz CT molecular complexity index is 1040. The summed E-state index contributed by atoms with van der Waals surface area (Å²) >= 11 is 0. The first-order valence-corrected chi connectivity index (χ1v) is 7.78. The number of nitro groups is 1. The van der Waals surface area contributed by atoms with Gasteiger partial charge in [-0.1, -0.05) is 6.07 Å². The lowest BCUT2D eigenvalue weighted by Crippen LogP contribution is -1.98. The Kier molecular flexibility index (Phi) is 4.93. The second-order valence-corrected chi connectivity index (χ2v) is 5.54. The first-order chi connectivity index (χ1) is 13.0. The molecule has 136 valence electrons. The third-order valence-electron chi connectivity index (χ3n) is 3.72. The van der Waals surface area contributed by atoms with E-state index in [9.17, 15) is 14.9 Å². The summed E-state index contributed by atoms with van der Waals surface area (Å²) in [5, 5.41) is 24.0. The van der Waals surface area contributed by atoms with Crippen LogP contribution in [0.25, 0.3) is 11.3 Å². The summed E-state index contributed by atoms with van der Waals surface area (Å²) in [4.78, 5) is 25.4. The van der Waals surface area contributed by atoms with Crippen molar-refractivity contribution < 1.29 is 19.2 Å². The van der Waals surface area contributed by atoms with Gasteiger partial charge in [-0.3, -0.25) is 15.5 Å². The lowest BCUT2D eigenvalue weighted by Gasteiger charge is -2.04. The van der Waals surface area contributed by atoms with E-state index < -0.39 is 10.9 Å². The van der Waals surface area contributed by atoms with Crippen molar-refractivity contribution >= 4 is 23.7 Å². The van der Waals surface area contributed by atoms with Gasteiger partial charge in [0, 0.05) is 17.8 Å². The van der Waals surface area contributed by atoms with Crippen LogP contribution < -0.4 is 5.43 Å². The summed E-state index contributed by atoms with van der Waals surface area (Å²) < 4.78 is 5.66.